The molecule has 3 nitrogen and oxygen atoms in total. The highest BCUT2D eigenvalue weighted by Gasteiger charge is 2.19. The summed E-state index contributed by atoms with van der Waals surface area (Å²) >= 11 is 1.55. The SMILES string of the molecule is O=S(=O)(c1ccccc1)c1cc2ccsc2cn1. The number of benzene rings is 1. The summed E-state index contributed by atoms with van der Waals surface area (Å²) in [6.45, 7) is 0. The molecule has 0 bridgehead atoms. The predicted molar refractivity (Wildman–Crippen MR) is 71.5 cm³/mol. The number of pyridine rings is 1. The van der Waals surface area contributed by atoms with E-state index in [2.05, 4.69) is 4.98 Å². The van der Waals surface area contributed by atoms with Gasteiger partial charge in [0.15, 0.2) is 5.03 Å². The summed E-state index contributed by atoms with van der Waals surface area (Å²) in [6.07, 6.45) is 1.61. The van der Waals surface area contributed by atoms with Crippen LogP contribution in [0.15, 0.2) is 64.0 Å². The molecule has 0 amide bonds. The Morgan fingerprint density at radius 1 is 1.06 bits per heavy atom. The van der Waals surface area contributed by atoms with E-state index in [9.17, 15) is 8.42 Å². The Kier molecular flexibility index (Phi) is 2.65. The van der Waals surface area contributed by atoms with Crippen molar-refractivity contribution in [3.63, 3.8) is 0 Å². The van der Waals surface area contributed by atoms with Gasteiger partial charge >= 0.3 is 0 Å². The summed E-state index contributed by atoms with van der Waals surface area (Å²) in [7, 11) is -3.51. The summed E-state index contributed by atoms with van der Waals surface area (Å²) in [6, 6.07) is 11.9. The fraction of sp³-hybridized carbons (Fsp3) is 0. The summed E-state index contributed by atoms with van der Waals surface area (Å²) in [5.74, 6) is 0. The quantitative estimate of drug-likeness (QED) is 0.722. The summed E-state index contributed by atoms with van der Waals surface area (Å²) < 4.78 is 25.7. The van der Waals surface area contributed by atoms with E-state index >= 15 is 0 Å². The minimum absolute atomic E-state index is 0.0969. The molecule has 0 radical (unpaired) electrons. The molecular weight excluding hydrogens is 266 g/mol. The summed E-state index contributed by atoms with van der Waals surface area (Å²) in [4.78, 5) is 4.32. The molecule has 90 valence electrons. The average molecular weight is 275 g/mol. The molecule has 0 fully saturated rings. The normalized spacial score (nSPS) is 11.8. The van der Waals surface area contributed by atoms with E-state index in [4.69, 9.17) is 0 Å². The predicted octanol–water partition coefficient (Wildman–Crippen LogP) is 3.13. The molecule has 0 aliphatic carbocycles. The van der Waals surface area contributed by atoms with Crippen LogP contribution in [-0.2, 0) is 9.84 Å². The zero-order valence-electron chi connectivity index (χ0n) is 9.28. The van der Waals surface area contributed by atoms with Crippen molar-refractivity contribution in [2.24, 2.45) is 0 Å². The smallest absolute Gasteiger partial charge is 0.223 e. The van der Waals surface area contributed by atoms with Crippen molar-refractivity contribution in [3.05, 3.63) is 54.0 Å². The minimum Gasteiger partial charge on any atom is -0.243 e. The van der Waals surface area contributed by atoms with Gasteiger partial charge in [0.05, 0.1) is 9.60 Å². The third-order valence-corrected chi connectivity index (χ3v) is 5.18. The second-order valence-electron chi connectivity index (χ2n) is 3.80. The fourth-order valence-electron chi connectivity index (χ4n) is 1.71. The standard InChI is InChI=1S/C13H9NO2S2/c15-18(16,11-4-2-1-3-5-11)13-8-10-6-7-17-12(10)9-14-13/h1-9H. The molecular formula is C13H9NO2S2. The molecule has 0 N–H and O–H groups in total. The van der Waals surface area contributed by atoms with Crippen molar-refractivity contribution in [3.8, 4) is 0 Å². The molecule has 0 aliphatic heterocycles. The molecule has 3 aromatic rings. The van der Waals surface area contributed by atoms with Gasteiger partial charge in [0.2, 0.25) is 9.84 Å². The third-order valence-electron chi connectivity index (χ3n) is 2.64. The number of rotatable bonds is 2. The Morgan fingerprint density at radius 2 is 1.83 bits per heavy atom. The molecule has 0 spiro atoms. The number of thiophene rings is 1. The van der Waals surface area contributed by atoms with E-state index in [0.717, 1.165) is 10.1 Å². The summed E-state index contributed by atoms with van der Waals surface area (Å²) in [5, 5.41) is 2.93. The molecule has 0 aliphatic rings. The van der Waals surface area contributed by atoms with E-state index in [-0.39, 0.29) is 9.92 Å². The second kappa shape index (κ2) is 4.19. The van der Waals surface area contributed by atoms with Crippen molar-refractivity contribution < 1.29 is 8.42 Å². The first-order chi connectivity index (χ1) is 8.68. The fourth-order valence-corrected chi connectivity index (χ4v) is 3.68. The molecule has 3 rings (SSSR count). The van der Waals surface area contributed by atoms with Crippen LogP contribution in [0.3, 0.4) is 0 Å². The largest absolute Gasteiger partial charge is 0.243 e. The molecule has 18 heavy (non-hydrogen) atoms. The van der Waals surface area contributed by atoms with E-state index in [1.165, 1.54) is 0 Å². The first-order valence-electron chi connectivity index (χ1n) is 5.31. The van der Waals surface area contributed by atoms with Crippen LogP contribution in [0.4, 0.5) is 0 Å². The Labute approximate surface area is 109 Å². The number of hydrogen-bond acceptors (Lipinski definition) is 4. The maximum Gasteiger partial charge on any atom is 0.223 e. The van der Waals surface area contributed by atoms with Crippen LogP contribution in [0.1, 0.15) is 0 Å². The van der Waals surface area contributed by atoms with Gasteiger partial charge in [-0.25, -0.2) is 13.4 Å². The maximum absolute atomic E-state index is 12.3. The second-order valence-corrected chi connectivity index (χ2v) is 6.64. The Hall–Kier alpha value is -1.72. The average Bonchev–Trinajstić information content (AvgIpc) is 2.87. The van der Waals surface area contributed by atoms with Crippen LogP contribution in [0.25, 0.3) is 10.1 Å². The van der Waals surface area contributed by atoms with Gasteiger partial charge in [-0.15, -0.1) is 11.3 Å². The lowest BCUT2D eigenvalue weighted by Crippen LogP contribution is -2.03. The minimum atomic E-state index is -3.51. The lowest BCUT2D eigenvalue weighted by atomic mass is 10.3. The van der Waals surface area contributed by atoms with Gasteiger partial charge in [0, 0.05) is 6.20 Å². The zero-order chi connectivity index (χ0) is 12.6. The van der Waals surface area contributed by atoms with Crippen LogP contribution >= 0.6 is 11.3 Å². The number of aromatic nitrogens is 1. The van der Waals surface area contributed by atoms with Crippen molar-refractivity contribution in [1.82, 2.24) is 4.98 Å². The van der Waals surface area contributed by atoms with E-state index in [1.807, 2.05) is 11.4 Å². The highest BCUT2D eigenvalue weighted by molar-refractivity contribution is 7.91. The monoisotopic (exact) mass is 275 g/mol. The van der Waals surface area contributed by atoms with Crippen LogP contribution in [0.5, 0.6) is 0 Å². The Morgan fingerprint density at radius 3 is 2.61 bits per heavy atom. The molecule has 0 unspecified atom stereocenters. The van der Waals surface area contributed by atoms with Gasteiger partial charge in [-0.1, -0.05) is 18.2 Å². The Balaban J connectivity index is 2.19. The van der Waals surface area contributed by atoms with Crippen molar-refractivity contribution in [1.29, 1.82) is 0 Å². The summed E-state index contributed by atoms with van der Waals surface area (Å²) in [5.41, 5.74) is 0. The number of nitrogens with zero attached hydrogens (tertiary/aromatic N) is 1. The lowest BCUT2D eigenvalue weighted by Gasteiger charge is -2.03. The first-order valence-corrected chi connectivity index (χ1v) is 7.67. The number of hydrogen-bond donors (Lipinski definition) is 0. The van der Waals surface area contributed by atoms with Gasteiger partial charge < -0.3 is 0 Å². The topological polar surface area (TPSA) is 47.0 Å². The number of fused-ring (bicyclic) bond motifs is 1. The van der Waals surface area contributed by atoms with Gasteiger partial charge in [-0.05, 0) is 35.0 Å². The molecule has 2 aromatic heterocycles. The van der Waals surface area contributed by atoms with Gasteiger partial charge in [0.1, 0.15) is 0 Å². The molecule has 0 saturated carbocycles. The van der Waals surface area contributed by atoms with Gasteiger partial charge in [-0.2, -0.15) is 0 Å². The van der Waals surface area contributed by atoms with E-state index in [0.29, 0.717) is 0 Å². The molecule has 2 heterocycles. The highest BCUT2D eigenvalue weighted by atomic mass is 32.2. The van der Waals surface area contributed by atoms with Crippen LogP contribution < -0.4 is 0 Å². The van der Waals surface area contributed by atoms with E-state index in [1.54, 1.807) is 53.9 Å². The van der Waals surface area contributed by atoms with Gasteiger partial charge in [0.25, 0.3) is 0 Å². The Bertz CT molecular complexity index is 792. The first kappa shape index (κ1) is 11.4. The lowest BCUT2D eigenvalue weighted by molar-refractivity contribution is 0.592. The van der Waals surface area contributed by atoms with Crippen LogP contribution in [-0.4, -0.2) is 13.4 Å². The zero-order valence-corrected chi connectivity index (χ0v) is 10.9. The van der Waals surface area contributed by atoms with Crippen molar-refractivity contribution in [2.75, 3.05) is 0 Å². The van der Waals surface area contributed by atoms with Crippen molar-refractivity contribution >= 4 is 31.3 Å². The number of sulfone groups is 1. The maximum atomic E-state index is 12.3. The third kappa shape index (κ3) is 1.81. The highest BCUT2D eigenvalue weighted by Crippen LogP contribution is 2.25. The van der Waals surface area contributed by atoms with Gasteiger partial charge in [-0.3, -0.25) is 0 Å². The van der Waals surface area contributed by atoms with Crippen LogP contribution in [0.2, 0.25) is 0 Å². The molecule has 0 atom stereocenters. The molecule has 1 aromatic carbocycles. The van der Waals surface area contributed by atoms with Crippen molar-refractivity contribution in [2.45, 2.75) is 9.92 Å². The van der Waals surface area contributed by atoms with Crippen LogP contribution in [0, 0.1) is 0 Å². The molecule has 5 heteroatoms. The van der Waals surface area contributed by atoms with E-state index < -0.39 is 9.84 Å². The molecule has 0 saturated heterocycles.